The molecule has 0 bridgehead atoms. The summed E-state index contributed by atoms with van der Waals surface area (Å²) < 4.78 is 42.4. The molecule has 1 aromatic rings. The Hall–Kier alpha value is -1.73. The van der Waals surface area contributed by atoms with E-state index in [9.17, 15) is 4.79 Å². The first-order valence-corrected chi connectivity index (χ1v) is 9.33. The van der Waals surface area contributed by atoms with Crippen molar-refractivity contribution in [2.45, 2.75) is 38.8 Å². The number of H-pyrrole nitrogens is 1. The van der Waals surface area contributed by atoms with Gasteiger partial charge in [-0.05, 0) is 5.92 Å². The predicted molar refractivity (Wildman–Crippen MR) is 90.1 cm³/mol. The van der Waals surface area contributed by atoms with Gasteiger partial charge >= 0.3 is 16.5 Å². The lowest BCUT2D eigenvalue weighted by atomic mass is 9.94. The van der Waals surface area contributed by atoms with Gasteiger partial charge in [0.2, 0.25) is 0 Å². The summed E-state index contributed by atoms with van der Waals surface area (Å²) in [4.78, 5) is 21.8. The number of fused-ring (bicyclic) bond motifs is 1. The van der Waals surface area contributed by atoms with Crippen molar-refractivity contribution in [3.05, 3.63) is 17.7 Å². The fourth-order valence-electron chi connectivity index (χ4n) is 3.00. The van der Waals surface area contributed by atoms with Gasteiger partial charge in [-0.25, -0.2) is 9.78 Å². The fourth-order valence-corrected chi connectivity index (χ4v) is 3.00. The van der Waals surface area contributed by atoms with Crippen LogP contribution in [0.1, 0.15) is 37.7 Å². The Morgan fingerprint density at radius 2 is 2.12 bits per heavy atom. The maximum Gasteiger partial charge on any atom is 0.410 e. The van der Waals surface area contributed by atoms with Crippen molar-refractivity contribution < 1.29 is 37.3 Å². The van der Waals surface area contributed by atoms with Crippen molar-refractivity contribution in [2.24, 2.45) is 5.92 Å². The van der Waals surface area contributed by atoms with E-state index in [1.54, 1.807) is 6.33 Å². The van der Waals surface area contributed by atoms with Crippen LogP contribution in [0.2, 0.25) is 0 Å². The summed E-state index contributed by atoms with van der Waals surface area (Å²) in [5.74, 6) is 0.296. The van der Waals surface area contributed by atoms with Crippen molar-refractivity contribution >= 4 is 16.5 Å². The highest BCUT2D eigenvalue weighted by atomic mass is 32.3. The first-order chi connectivity index (χ1) is 11.7. The lowest BCUT2D eigenvalue weighted by Crippen LogP contribution is -2.43. The van der Waals surface area contributed by atoms with Crippen LogP contribution in [0.25, 0.3) is 0 Å². The minimum Gasteiger partial charge on any atom is -0.444 e. The molecule has 2 aliphatic rings. The van der Waals surface area contributed by atoms with Crippen molar-refractivity contribution in [2.75, 3.05) is 19.8 Å². The highest BCUT2D eigenvalue weighted by Gasteiger charge is 2.36. The molecule has 12 heteroatoms. The summed E-state index contributed by atoms with van der Waals surface area (Å²) in [6, 6.07) is -0.0141. The number of imidazole rings is 1. The summed E-state index contributed by atoms with van der Waals surface area (Å²) >= 11 is 0. The molecule has 1 unspecified atom stereocenters. The standard InChI is InChI=1S/C14H21N3O3.H2O4S.H2O/c1-9(2)13-12-11(15-8-16-12)3-5-17(13)14(18)20-10-4-6-19-7-10;1-5(2,3)4;/h8-10,13H,3-7H2,1-2H3,(H,15,16);(H2,1,2,3,4);1H2/t10?,13-;;/m0../s1. The SMILES string of the molecule is CC(C)[C@H]1c2nc[nH]c2CCN1C(=O)OC1CCOC1.O.O=S(=O)(O)O. The second kappa shape index (κ2) is 9.28. The third-order valence-corrected chi connectivity index (χ3v) is 3.99. The highest BCUT2D eigenvalue weighted by molar-refractivity contribution is 7.79. The van der Waals surface area contributed by atoms with Gasteiger partial charge in [0.25, 0.3) is 0 Å². The zero-order chi connectivity index (χ0) is 18.6. The van der Waals surface area contributed by atoms with Crippen molar-refractivity contribution in [1.29, 1.82) is 0 Å². The van der Waals surface area contributed by atoms with Gasteiger partial charge in [-0.15, -0.1) is 0 Å². The van der Waals surface area contributed by atoms with E-state index in [4.69, 9.17) is 27.0 Å². The number of nitrogens with zero attached hydrogens (tertiary/aromatic N) is 2. The number of ether oxygens (including phenoxy) is 2. The number of amides is 1. The van der Waals surface area contributed by atoms with Crippen molar-refractivity contribution in [3.8, 4) is 0 Å². The zero-order valence-electron chi connectivity index (χ0n) is 14.6. The molecule has 150 valence electrons. The Balaban J connectivity index is 0.000000501. The second-order valence-electron chi connectivity index (χ2n) is 6.22. The quantitative estimate of drug-likeness (QED) is 0.604. The molecule has 1 saturated heterocycles. The van der Waals surface area contributed by atoms with Gasteiger partial charge in [-0.2, -0.15) is 8.42 Å². The normalized spacial score (nSPS) is 22.1. The molecule has 5 N–H and O–H groups in total. The van der Waals surface area contributed by atoms with Crippen LogP contribution in [0, 0.1) is 5.92 Å². The summed E-state index contributed by atoms with van der Waals surface area (Å²) in [6.07, 6.45) is 2.96. The van der Waals surface area contributed by atoms with Crippen LogP contribution in [0.4, 0.5) is 4.79 Å². The Bertz CT molecular complexity index is 676. The highest BCUT2D eigenvalue weighted by Crippen LogP contribution is 2.33. The fraction of sp³-hybridized carbons (Fsp3) is 0.714. The van der Waals surface area contributed by atoms with Gasteiger partial charge < -0.3 is 19.9 Å². The molecule has 11 nitrogen and oxygen atoms in total. The molecular formula is C14H25N3O8S. The van der Waals surface area contributed by atoms with Gasteiger partial charge in [0, 0.05) is 25.1 Å². The molecule has 0 aliphatic carbocycles. The molecule has 2 aliphatic heterocycles. The van der Waals surface area contributed by atoms with E-state index < -0.39 is 10.4 Å². The topological polar surface area (TPSA) is 174 Å². The van der Waals surface area contributed by atoms with Crippen LogP contribution < -0.4 is 0 Å². The molecule has 3 heterocycles. The molecule has 1 aromatic heterocycles. The molecule has 3 rings (SSSR count). The Morgan fingerprint density at radius 1 is 1.46 bits per heavy atom. The summed E-state index contributed by atoms with van der Waals surface area (Å²) in [6.45, 7) is 6.07. The minimum absolute atomic E-state index is 0. The van der Waals surface area contributed by atoms with Gasteiger partial charge in [-0.3, -0.25) is 14.0 Å². The summed E-state index contributed by atoms with van der Waals surface area (Å²) in [5, 5.41) is 0. The van der Waals surface area contributed by atoms with E-state index >= 15 is 0 Å². The number of carbonyl (C=O) groups is 1. The van der Waals surface area contributed by atoms with Gasteiger partial charge in [0.1, 0.15) is 6.10 Å². The number of hydrogen-bond donors (Lipinski definition) is 3. The van der Waals surface area contributed by atoms with E-state index in [0.717, 1.165) is 24.2 Å². The van der Waals surface area contributed by atoms with Crippen LogP contribution in [-0.2, 0) is 26.3 Å². The molecule has 2 atom stereocenters. The Kier molecular flexibility index (Phi) is 7.96. The zero-order valence-corrected chi connectivity index (χ0v) is 15.4. The summed E-state index contributed by atoms with van der Waals surface area (Å²) in [7, 11) is -4.67. The average molecular weight is 395 g/mol. The van der Waals surface area contributed by atoms with E-state index in [1.807, 2.05) is 4.90 Å². The third-order valence-electron chi connectivity index (χ3n) is 3.99. The third kappa shape index (κ3) is 6.21. The van der Waals surface area contributed by atoms with E-state index in [2.05, 4.69) is 23.8 Å². The number of hydrogen-bond acceptors (Lipinski definition) is 6. The molecule has 1 amide bonds. The van der Waals surface area contributed by atoms with Crippen LogP contribution in [0.3, 0.4) is 0 Å². The first-order valence-electron chi connectivity index (χ1n) is 7.94. The van der Waals surface area contributed by atoms with Gasteiger partial charge in [-0.1, -0.05) is 13.8 Å². The number of aromatic amines is 1. The Labute approximate surface area is 151 Å². The molecular weight excluding hydrogens is 370 g/mol. The Morgan fingerprint density at radius 3 is 2.65 bits per heavy atom. The molecule has 0 saturated carbocycles. The number of carbonyl (C=O) groups excluding carboxylic acids is 1. The van der Waals surface area contributed by atoms with Crippen molar-refractivity contribution in [3.63, 3.8) is 0 Å². The predicted octanol–water partition coefficient (Wildman–Crippen LogP) is 0.413. The lowest BCUT2D eigenvalue weighted by molar-refractivity contribution is 0.0344. The van der Waals surface area contributed by atoms with E-state index in [1.165, 1.54) is 0 Å². The number of aromatic nitrogens is 2. The minimum atomic E-state index is -4.67. The average Bonchev–Trinajstić information content (AvgIpc) is 3.14. The van der Waals surface area contributed by atoms with Gasteiger partial charge in [0.15, 0.2) is 0 Å². The molecule has 26 heavy (non-hydrogen) atoms. The number of rotatable bonds is 2. The summed E-state index contributed by atoms with van der Waals surface area (Å²) in [5.41, 5.74) is 2.11. The van der Waals surface area contributed by atoms with E-state index in [0.29, 0.717) is 25.7 Å². The van der Waals surface area contributed by atoms with E-state index in [-0.39, 0.29) is 23.7 Å². The lowest BCUT2D eigenvalue weighted by Gasteiger charge is -2.36. The maximum absolute atomic E-state index is 12.4. The molecule has 1 fully saturated rings. The number of nitrogens with one attached hydrogen (secondary N) is 1. The van der Waals surface area contributed by atoms with Crippen LogP contribution >= 0.6 is 0 Å². The largest absolute Gasteiger partial charge is 0.444 e. The van der Waals surface area contributed by atoms with Gasteiger partial charge in [0.05, 0.1) is 31.3 Å². The van der Waals surface area contributed by atoms with Crippen molar-refractivity contribution in [1.82, 2.24) is 14.9 Å². The second-order valence-corrected chi connectivity index (χ2v) is 7.11. The first kappa shape index (κ1) is 22.3. The van der Waals surface area contributed by atoms with Crippen LogP contribution in [0.5, 0.6) is 0 Å². The smallest absolute Gasteiger partial charge is 0.410 e. The molecule has 0 spiro atoms. The van der Waals surface area contributed by atoms with Crippen LogP contribution in [0.15, 0.2) is 6.33 Å². The molecule has 0 aromatic carbocycles. The van der Waals surface area contributed by atoms with Crippen LogP contribution in [-0.4, -0.2) is 69.8 Å². The maximum atomic E-state index is 12.4. The molecule has 0 radical (unpaired) electrons. The monoisotopic (exact) mass is 395 g/mol.